The van der Waals surface area contributed by atoms with Crippen LogP contribution < -0.4 is 16.7 Å². The minimum absolute atomic E-state index is 0. The van der Waals surface area contributed by atoms with Crippen molar-refractivity contribution in [3.05, 3.63) is 70.6 Å². The number of carbonyl (C=O) groups excluding carboxylic acids is 2. The normalized spacial score (nSPS) is 15.3. The van der Waals surface area contributed by atoms with E-state index >= 15 is 0 Å². The minimum atomic E-state index is -0.809. The number of nitrogens with two attached hydrogens (primary N) is 1. The first-order chi connectivity index (χ1) is 17.2. The van der Waals surface area contributed by atoms with Crippen molar-refractivity contribution in [2.75, 3.05) is 19.7 Å². The number of benzene rings is 2. The number of imidazole rings is 1. The number of piperidine rings is 1. The van der Waals surface area contributed by atoms with E-state index in [4.69, 9.17) is 10.5 Å². The van der Waals surface area contributed by atoms with Crippen molar-refractivity contribution in [3.8, 4) is 0 Å². The molecule has 1 aliphatic heterocycles. The first-order valence-electron chi connectivity index (χ1n) is 12.4. The summed E-state index contributed by atoms with van der Waals surface area (Å²) in [4.78, 5) is 43.3. The van der Waals surface area contributed by atoms with Crippen molar-refractivity contribution in [3.63, 3.8) is 0 Å². The summed E-state index contributed by atoms with van der Waals surface area (Å²) in [5, 5.41) is 2.83. The Morgan fingerprint density at radius 2 is 1.76 bits per heavy atom. The van der Waals surface area contributed by atoms with Gasteiger partial charge >= 0.3 is 5.69 Å². The zero-order valence-corrected chi connectivity index (χ0v) is 22.1. The molecule has 1 atom stereocenters. The SMILES string of the molecule is CC(C)(N)CC(=O)NC(COCc1ccccc1)C(=O)N1CCC(n2c(=O)[nH]c3ccccc32)CC1.Cl. The number of fused-ring (bicyclic) bond motifs is 1. The summed E-state index contributed by atoms with van der Waals surface area (Å²) in [6.45, 7) is 4.92. The Labute approximate surface area is 222 Å². The van der Waals surface area contributed by atoms with Crippen molar-refractivity contribution < 1.29 is 14.3 Å². The first-order valence-corrected chi connectivity index (χ1v) is 12.4. The number of nitrogens with one attached hydrogen (secondary N) is 2. The van der Waals surface area contributed by atoms with Crippen LogP contribution in [0.25, 0.3) is 11.0 Å². The summed E-state index contributed by atoms with van der Waals surface area (Å²) in [5.41, 5.74) is 7.85. The average Bonchev–Trinajstić information content (AvgIpc) is 3.18. The van der Waals surface area contributed by atoms with Gasteiger partial charge in [0.2, 0.25) is 11.8 Å². The smallest absolute Gasteiger partial charge is 0.326 e. The Hall–Kier alpha value is -3.14. The lowest BCUT2D eigenvalue weighted by Gasteiger charge is -2.35. The maximum Gasteiger partial charge on any atom is 0.326 e. The van der Waals surface area contributed by atoms with Gasteiger partial charge in [-0.2, -0.15) is 0 Å². The number of H-pyrrole nitrogens is 1. The number of aromatic amines is 1. The number of ether oxygens (including phenoxy) is 1. The molecule has 0 bridgehead atoms. The lowest BCUT2D eigenvalue weighted by Crippen LogP contribution is -2.54. The number of aromatic nitrogens is 2. The van der Waals surface area contributed by atoms with Crippen LogP contribution in [0, 0.1) is 0 Å². The minimum Gasteiger partial charge on any atom is -0.374 e. The molecule has 10 heteroatoms. The molecule has 9 nitrogen and oxygen atoms in total. The highest BCUT2D eigenvalue weighted by molar-refractivity contribution is 5.88. The molecule has 2 heterocycles. The predicted octanol–water partition coefficient (Wildman–Crippen LogP) is 2.74. The summed E-state index contributed by atoms with van der Waals surface area (Å²) in [6, 6.07) is 16.5. The zero-order chi connectivity index (χ0) is 25.7. The molecule has 1 unspecified atom stereocenters. The van der Waals surface area contributed by atoms with E-state index in [9.17, 15) is 14.4 Å². The van der Waals surface area contributed by atoms with Gasteiger partial charge in [-0.25, -0.2) is 4.79 Å². The third kappa shape index (κ3) is 7.44. The number of halogens is 1. The topological polar surface area (TPSA) is 122 Å². The van der Waals surface area contributed by atoms with Crippen LogP contribution in [0.3, 0.4) is 0 Å². The quantitative estimate of drug-likeness (QED) is 0.393. The predicted molar refractivity (Wildman–Crippen MR) is 146 cm³/mol. The molecule has 1 fully saturated rings. The summed E-state index contributed by atoms with van der Waals surface area (Å²) in [6.07, 6.45) is 1.39. The fourth-order valence-electron chi connectivity index (χ4n) is 4.70. The van der Waals surface area contributed by atoms with Gasteiger partial charge in [0.25, 0.3) is 0 Å². The van der Waals surface area contributed by atoms with Gasteiger partial charge in [-0.15, -0.1) is 12.4 Å². The highest BCUT2D eigenvalue weighted by atomic mass is 35.5. The fraction of sp³-hybridized carbons (Fsp3) is 0.444. The molecule has 0 spiro atoms. The van der Waals surface area contributed by atoms with E-state index < -0.39 is 11.6 Å². The largest absolute Gasteiger partial charge is 0.374 e. The molecule has 0 saturated carbocycles. The standard InChI is InChI=1S/C27H35N5O4.ClH/c1-27(2,28)16-24(33)29-22(18-36-17-19-8-4-3-5-9-19)25(34)31-14-12-20(13-15-31)32-23-11-7-6-10-21(23)30-26(32)35;/h3-11,20,22H,12-18,28H2,1-2H3,(H,29,33)(H,30,35);1H. The highest BCUT2D eigenvalue weighted by Crippen LogP contribution is 2.25. The molecule has 1 aromatic heterocycles. The van der Waals surface area contributed by atoms with Gasteiger partial charge in [-0.05, 0) is 44.4 Å². The second-order valence-electron chi connectivity index (χ2n) is 10.2. The summed E-state index contributed by atoms with van der Waals surface area (Å²) in [5.74, 6) is -0.472. The molecule has 2 amide bonds. The van der Waals surface area contributed by atoms with Gasteiger partial charge in [0.15, 0.2) is 0 Å². The molecular formula is C27H36ClN5O4. The Bertz CT molecular complexity index is 1240. The number of para-hydroxylation sites is 2. The second-order valence-corrected chi connectivity index (χ2v) is 10.2. The van der Waals surface area contributed by atoms with Crippen LogP contribution in [-0.2, 0) is 20.9 Å². The van der Waals surface area contributed by atoms with Gasteiger partial charge in [0.05, 0.1) is 24.2 Å². The summed E-state index contributed by atoms with van der Waals surface area (Å²) < 4.78 is 7.62. The van der Waals surface area contributed by atoms with E-state index in [1.54, 1.807) is 23.3 Å². The lowest BCUT2D eigenvalue weighted by molar-refractivity contribution is -0.139. The Morgan fingerprint density at radius 1 is 1.11 bits per heavy atom. The molecule has 200 valence electrons. The maximum absolute atomic E-state index is 13.4. The first kappa shape index (κ1) is 28.4. The van der Waals surface area contributed by atoms with Gasteiger partial charge in [-0.1, -0.05) is 42.5 Å². The molecule has 0 aliphatic carbocycles. The zero-order valence-electron chi connectivity index (χ0n) is 21.3. The number of hydrogen-bond donors (Lipinski definition) is 3. The van der Waals surface area contributed by atoms with Crippen LogP contribution in [0.2, 0.25) is 0 Å². The number of amides is 2. The maximum atomic E-state index is 13.4. The Morgan fingerprint density at radius 3 is 2.43 bits per heavy atom. The van der Waals surface area contributed by atoms with Crippen LogP contribution in [0.5, 0.6) is 0 Å². The Balaban J connectivity index is 0.00000380. The van der Waals surface area contributed by atoms with E-state index in [1.165, 1.54) is 0 Å². The molecule has 37 heavy (non-hydrogen) atoms. The third-order valence-electron chi connectivity index (χ3n) is 6.41. The monoisotopic (exact) mass is 529 g/mol. The molecule has 2 aromatic carbocycles. The highest BCUT2D eigenvalue weighted by Gasteiger charge is 2.31. The summed E-state index contributed by atoms with van der Waals surface area (Å²) >= 11 is 0. The van der Waals surface area contributed by atoms with Gasteiger partial charge in [0, 0.05) is 31.1 Å². The number of hydrogen-bond acceptors (Lipinski definition) is 5. The van der Waals surface area contributed by atoms with Crippen molar-refractivity contribution >= 4 is 35.3 Å². The van der Waals surface area contributed by atoms with Gasteiger partial charge in [0.1, 0.15) is 6.04 Å². The molecular weight excluding hydrogens is 494 g/mol. The van der Waals surface area contributed by atoms with Crippen LogP contribution >= 0.6 is 12.4 Å². The molecule has 3 aromatic rings. The average molecular weight is 530 g/mol. The van der Waals surface area contributed by atoms with Gasteiger partial charge in [-0.3, -0.25) is 14.2 Å². The number of nitrogens with zero attached hydrogens (tertiary/aromatic N) is 2. The van der Waals surface area contributed by atoms with Crippen LogP contribution in [0.1, 0.15) is 44.7 Å². The summed E-state index contributed by atoms with van der Waals surface area (Å²) in [7, 11) is 0. The molecule has 0 radical (unpaired) electrons. The molecule has 4 rings (SSSR count). The van der Waals surface area contributed by atoms with Crippen molar-refractivity contribution in [2.24, 2.45) is 5.73 Å². The van der Waals surface area contributed by atoms with Gasteiger partial charge < -0.3 is 25.7 Å². The third-order valence-corrected chi connectivity index (χ3v) is 6.41. The number of carbonyl (C=O) groups is 2. The Kier molecular flexibility index (Phi) is 9.53. The van der Waals surface area contributed by atoms with Crippen LogP contribution in [-0.4, -0.2) is 57.5 Å². The van der Waals surface area contributed by atoms with Crippen molar-refractivity contribution in [1.29, 1.82) is 0 Å². The number of rotatable bonds is 9. The van der Waals surface area contributed by atoms with Crippen LogP contribution in [0.4, 0.5) is 0 Å². The second kappa shape index (κ2) is 12.4. The molecule has 1 aliphatic rings. The van der Waals surface area contributed by atoms with Crippen molar-refractivity contribution in [1.82, 2.24) is 19.8 Å². The molecule has 1 saturated heterocycles. The fourth-order valence-corrected chi connectivity index (χ4v) is 4.70. The number of likely N-dealkylation sites (tertiary alicyclic amines) is 1. The van der Waals surface area contributed by atoms with E-state index in [0.29, 0.717) is 32.5 Å². The van der Waals surface area contributed by atoms with E-state index in [-0.39, 0.29) is 49.0 Å². The molecule has 4 N–H and O–H groups in total. The van der Waals surface area contributed by atoms with Crippen molar-refractivity contribution in [2.45, 2.75) is 57.3 Å². The van der Waals surface area contributed by atoms with E-state index in [0.717, 1.165) is 16.6 Å². The van der Waals surface area contributed by atoms with Crippen LogP contribution in [0.15, 0.2) is 59.4 Å². The lowest BCUT2D eigenvalue weighted by atomic mass is 10.0. The van der Waals surface area contributed by atoms with E-state index in [1.807, 2.05) is 54.6 Å². The van der Waals surface area contributed by atoms with E-state index in [2.05, 4.69) is 10.3 Å².